The Labute approximate surface area is 103 Å². The zero-order chi connectivity index (χ0) is 11.1. The Kier molecular flexibility index (Phi) is 7.60. The monoisotopic (exact) mass is 243 g/mol. The van der Waals surface area contributed by atoms with Crippen molar-refractivity contribution in [3.63, 3.8) is 0 Å². The lowest BCUT2D eigenvalue weighted by atomic mass is 10.1. The number of carbonyl (C=O) groups is 1. The van der Waals surface area contributed by atoms with E-state index < -0.39 is 0 Å². The normalized spacial score (nSPS) is 9.38. The fourth-order valence-corrected chi connectivity index (χ4v) is 1.34. The Bertz CT molecular complexity index is 329. The summed E-state index contributed by atoms with van der Waals surface area (Å²) in [5, 5.41) is 3.04. The van der Waals surface area contributed by atoms with E-state index in [1.807, 2.05) is 12.1 Å². The Morgan fingerprint density at radius 3 is 2.81 bits per heavy atom. The lowest BCUT2D eigenvalue weighted by Crippen LogP contribution is -2.24. The van der Waals surface area contributed by atoms with Gasteiger partial charge in [0, 0.05) is 6.54 Å². The maximum atomic E-state index is 11.0. The fourth-order valence-electron chi connectivity index (χ4n) is 1.34. The van der Waals surface area contributed by atoms with Crippen molar-refractivity contribution in [3.05, 3.63) is 35.4 Å². The predicted octanol–water partition coefficient (Wildman–Crippen LogP) is 2.07. The first-order valence-corrected chi connectivity index (χ1v) is 5.14. The second-order valence-electron chi connectivity index (χ2n) is 3.40. The smallest absolute Gasteiger partial charge is 0.319 e. The maximum absolute atomic E-state index is 11.0. The Morgan fingerprint density at radius 1 is 1.44 bits per heavy atom. The highest BCUT2D eigenvalue weighted by atomic mass is 35.5. The van der Waals surface area contributed by atoms with Crippen LogP contribution in [-0.2, 0) is 16.1 Å². The summed E-state index contributed by atoms with van der Waals surface area (Å²) in [4.78, 5) is 11.0. The van der Waals surface area contributed by atoms with Gasteiger partial charge in [-0.2, -0.15) is 0 Å². The quantitative estimate of drug-likeness (QED) is 0.805. The van der Waals surface area contributed by atoms with Gasteiger partial charge in [0.25, 0.3) is 0 Å². The molecule has 0 aliphatic heterocycles. The lowest BCUT2D eigenvalue weighted by molar-refractivity contribution is -0.142. The highest BCUT2D eigenvalue weighted by molar-refractivity contribution is 5.85. The molecule has 1 rings (SSSR count). The van der Waals surface area contributed by atoms with Crippen LogP contribution in [0.2, 0.25) is 0 Å². The number of hydrogen-bond acceptors (Lipinski definition) is 3. The van der Waals surface area contributed by atoms with Gasteiger partial charge in [0.15, 0.2) is 0 Å². The molecule has 90 valence electrons. The van der Waals surface area contributed by atoms with Crippen LogP contribution in [0.5, 0.6) is 0 Å². The van der Waals surface area contributed by atoms with E-state index >= 15 is 0 Å². The van der Waals surface area contributed by atoms with Crippen molar-refractivity contribution in [1.82, 2.24) is 5.32 Å². The Hall–Kier alpha value is -1.06. The van der Waals surface area contributed by atoms with Gasteiger partial charge in [0.05, 0.1) is 13.2 Å². The molecule has 0 aromatic heterocycles. The number of esters is 1. The average Bonchev–Trinajstić information content (AvgIpc) is 2.18. The molecular weight excluding hydrogens is 226 g/mol. The summed E-state index contributed by atoms with van der Waals surface area (Å²) in [6.45, 7) is 5.25. The first-order valence-electron chi connectivity index (χ1n) is 5.14. The fraction of sp³-hybridized carbons (Fsp3) is 0.417. The lowest BCUT2D eigenvalue weighted by Gasteiger charge is -2.05. The van der Waals surface area contributed by atoms with Crippen LogP contribution < -0.4 is 5.32 Å². The largest absolute Gasteiger partial charge is 0.465 e. The molecule has 0 fully saturated rings. The van der Waals surface area contributed by atoms with Crippen molar-refractivity contribution in [2.45, 2.75) is 20.4 Å². The van der Waals surface area contributed by atoms with E-state index in [1.165, 1.54) is 11.1 Å². The first-order chi connectivity index (χ1) is 7.22. The molecule has 16 heavy (non-hydrogen) atoms. The number of carbonyl (C=O) groups excluding carboxylic acids is 1. The molecular formula is C12H18ClNO2. The minimum atomic E-state index is -0.204. The van der Waals surface area contributed by atoms with Gasteiger partial charge in [0.1, 0.15) is 0 Å². The molecule has 0 unspecified atom stereocenters. The maximum Gasteiger partial charge on any atom is 0.319 e. The van der Waals surface area contributed by atoms with Gasteiger partial charge in [-0.1, -0.05) is 29.8 Å². The highest BCUT2D eigenvalue weighted by Gasteiger charge is 2.00. The van der Waals surface area contributed by atoms with Crippen LogP contribution in [0.3, 0.4) is 0 Å². The molecule has 3 nitrogen and oxygen atoms in total. The summed E-state index contributed by atoms with van der Waals surface area (Å²) in [5.74, 6) is -0.204. The highest BCUT2D eigenvalue weighted by Crippen LogP contribution is 2.02. The summed E-state index contributed by atoms with van der Waals surface area (Å²) in [6, 6.07) is 8.19. The van der Waals surface area contributed by atoms with E-state index in [4.69, 9.17) is 4.74 Å². The summed E-state index contributed by atoms with van der Waals surface area (Å²) in [6.07, 6.45) is 0. The van der Waals surface area contributed by atoms with E-state index in [0.717, 1.165) is 0 Å². The minimum absolute atomic E-state index is 0. The summed E-state index contributed by atoms with van der Waals surface area (Å²) >= 11 is 0. The number of hydrogen-bond donors (Lipinski definition) is 1. The molecule has 0 bridgehead atoms. The van der Waals surface area contributed by atoms with E-state index in [9.17, 15) is 4.79 Å². The zero-order valence-electron chi connectivity index (χ0n) is 9.66. The van der Waals surface area contributed by atoms with Gasteiger partial charge in [-0.25, -0.2) is 0 Å². The third-order valence-corrected chi connectivity index (χ3v) is 1.99. The third-order valence-electron chi connectivity index (χ3n) is 1.99. The van der Waals surface area contributed by atoms with Crippen LogP contribution in [0.4, 0.5) is 0 Å². The SMILES string of the molecule is CCOC(=O)CNCc1cccc(C)c1.Cl. The number of aryl methyl sites for hydroxylation is 1. The van der Waals surface area contributed by atoms with Gasteiger partial charge in [-0.15, -0.1) is 12.4 Å². The van der Waals surface area contributed by atoms with Crippen molar-refractivity contribution >= 4 is 18.4 Å². The number of halogens is 1. The zero-order valence-corrected chi connectivity index (χ0v) is 10.5. The van der Waals surface area contributed by atoms with Crippen molar-refractivity contribution < 1.29 is 9.53 Å². The standard InChI is InChI=1S/C12H17NO2.ClH/c1-3-15-12(14)9-13-8-11-6-4-5-10(2)7-11;/h4-7,13H,3,8-9H2,1-2H3;1H. The van der Waals surface area contributed by atoms with Gasteiger partial charge in [-0.3, -0.25) is 4.79 Å². The molecule has 1 N–H and O–H groups in total. The molecule has 0 radical (unpaired) electrons. The predicted molar refractivity (Wildman–Crippen MR) is 66.8 cm³/mol. The summed E-state index contributed by atoms with van der Waals surface area (Å²) in [7, 11) is 0. The Balaban J connectivity index is 0.00000225. The molecule has 0 amide bonds. The number of nitrogens with one attached hydrogen (secondary N) is 1. The van der Waals surface area contributed by atoms with Crippen LogP contribution in [0.1, 0.15) is 18.1 Å². The number of ether oxygens (including phenoxy) is 1. The van der Waals surface area contributed by atoms with Gasteiger partial charge in [-0.05, 0) is 19.4 Å². The van der Waals surface area contributed by atoms with Crippen LogP contribution in [0.15, 0.2) is 24.3 Å². The van der Waals surface area contributed by atoms with E-state index in [-0.39, 0.29) is 24.9 Å². The number of rotatable bonds is 5. The topological polar surface area (TPSA) is 38.3 Å². The molecule has 0 saturated heterocycles. The second-order valence-corrected chi connectivity index (χ2v) is 3.40. The molecule has 1 aromatic rings. The summed E-state index contributed by atoms with van der Waals surface area (Å²) in [5.41, 5.74) is 2.41. The molecule has 4 heteroatoms. The van der Waals surface area contributed by atoms with Crippen LogP contribution in [-0.4, -0.2) is 19.1 Å². The van der Waals surface area contributed by atoms with E-state index in [1.54, 1.807) is 6.92 Å². The van der Waals surface area contributed by atoms with Crippen LogP contribution >= 0.6 is 12.4 Å². The van der Waals surface area contributed by atoms with Crippen molar-refractivity contribution in [2.24, 2.45) is 0 Å². The molecule has 1 aromatic carbocycles. The van der Waals surface area contributed by atoms with Crippen molar-refractivity contribution in [2.75, 3.05) is 13.2 Å². The third kappa shape index (κ3) is 5.73. The van der Waals surface area contributed by atoms with Crippen molar-refractivity contribution in [1.29, 1.82) is 0 Å². The van der Waals surface area contributed by atoms with E-state index in [0.29, 0.717) is 13.2 Å². The van der Waals surface area contributed by atoms with Gasteiger partial charge in [0.2, 0.25) is 0 Å². The molecule has 0 heterocycles. The van der Waals surface area contributed by atoms with Gasteiger partial charge < -0.3 is 10.1 Å². The first kappa shape index (κ1) is 14.9. The molecule has 0 spiro atoms. The van der Waals surface area contributed by atoms with Gasteiger partial charge >= 0.3 is 5.97 Å². The minimum Gasteiger partial charge on any atom is -0.465 e. The van der Waals surface area contributed by atoms with Crippen LogP contribution in [0, 0.1) is 6.92 Å². The second kappa shape index (κ2) is 8.13. The van der Waals surface area contributed by atoms with Crippen LogP contribution in [0.25, 0.3) is 0 Å². The molecule has 0 atom stereocenters. The average molecular weight is 244 g/mol. The Morgan fingerprint density at radius 2 is 2.19 bits per heavy atom. The number of benzene rings is 1. The van der Waals surface area contributed by atoms with E-state index in [2.05, 4.69) is 24.4 Å². The van der Waals surface area contributed by atoms with Crippen molar-refractivity contribution in [3.8, 4) is 0 Å². The molecule has 0 saturated carbocycles. The molecule has 0 aliphatic rings. The summed E-state index contributed by atoms with van der Waals surface area (Å²) < 4.78 is 4.80. The molecule has 0 aliphatic carbocycles.